The van der Waals surface area contributed by atoms with Gasteiger partial charge in [-0.15, -0.1) is 0 Å². The van der Waals surface area contributed by atoms with E-state index in [2.05, 4.69) is 14.5 Å². The molecule has 0 aliphatic carbocycles. The zero-order valence-electron chi connectivity index (χ0n) is 22.6. The van der Waals surface area contributed by atoms with Crippen molar-refractivity contribution in [2.24, 2.45) is 0 Å². The first-order chi connectivity index (χ1) is 18.2. The number of hydrogen-bond donors (Lipinski definition) is 1. The van der Waals surface area contributed by atoms with E-state index in [9.17, 15) is 9.59 Å². The molecule has 0 aromatic carbocycles. The smallest absolute Gasteiger partial charge is 0.330 e. The Hall–Kier alpha value is -2.19. The Morgan fingerprint density at radius 1 is 1.21 bits per heavy atom. The van der Waals surface area contributed by atoms with Crippen LogP contribution in [0.2, 0.25) is 0 Å². The van der Waals surface area contributed by atoms with Crippen molar-refractivity contribution in [1.82, 2.24) is 14.2 Å². The molecule has 1 N–H and O–H groups in total. The first-order valence-electron chi connectivity index (χ1n) is 12.6. The van der Waals surface area contributed by atoms with Crippen molar-refractivity contribution in [3.8, 4) is 6.07 Å². The summed E-state index contributed by atoms with van der Waals surface area (Å²) in [5.74, 6) is 0. The first-order valence-corrected chi connectivity index (χ1v) is 13.7. The molecule has 2 rings (SSSR count). The van der Waals surface area contributed by atoms with Crippen molar-refractivity contribution in [3.05, 3.63) is 44.5 Å². The number of hydrogen-bond acceptors (Lipinski definition) is 10. The molecule has 1 fully saturated rings. The van der Waals surface area contributed by atoms with E-state index in [0.717, 1.165) is 0 Å². The van der Waals surface area contributed by atoms with Gasteiger partial charge in [0.1, 0.15) is 32.4 Å². The largest absolute Gasteiger partial charge is 0.354 e. The van der Waals surface area contributed by atoms with Crippen LogP contribution in [0.3, 0.4) is 0 Å². The van der Waals surface area contributed by atoms with Crippen molar-refractivity contribution in [3.63, 3.8) is 0 Å². The standard InChI is InChI=1S/C24H38N5O8P/c1-7-19-21(37-38(35-14-11-26-6)29(17(2)3)18(4)5)22(34-16-33-15-32-13-8-10-25)23(36-19)28-12-9-20(30)27-24(28)31/h9,12,17-19,21-23H,7-8,11,13-16H2,1-5H3,(H,27,30,31)/t19-,21?,22+,23-,38?/m1/s1. The van der Waals surface area contributed by atoms with Gasteiger partial charge in [-0.25, -0.2) is 16.0 Å². The van der Waals surface area contributed by atoms with E-state index < -0.39 is 44.3 Å². The summed E-state index contributed by atoms with van der Waals surface area (Å²) < 4.78 is 39.0. The quantitative estimate of drug-likeness (QED) is 0.132. The maximum absolute atomic E-state index is 12.6. The van der Waals surface area contributed by atoms with Crippen LogP contribution in [-0.4, -0.2) is 78.0 Å². The fraction of sp³-hybridized carbons (Fsp3) is 0.750. The second kappa shape index (κ2) is 16.7. The van der Waals surface area contributed by atoms with Gasteiger partial charge in [0, 0.05) is 24.3 Å². The van der Waals surface area contributed by atoms with Gasteiger partial charge in [0.15, 0.2) is 6.23 Å². The minimum absolute atomic E-state index is 0.0812. The number of nitriles is 1. The molecular formula is C24H38N5O8P. The summed E-state index contributed by atoms with van der Waals surface area (Å²) in [7, 11) is -1.63. The molecule has 1 aliphatic heterocycles. The average Bonchev–Trinajstić information content (AvgIpc) is 3.20. The van der Waals surface area contributed by atoms with Crippen molar-refractivity contribution in [1.29, 1.82) is 5.26 Å². The van der Waals surface area contributed by atoms with Crippen LogP contribution in [0.1, 0.15) is 53.7 Å². The Kier molecular flexibility index (Phi) is 14.1. The second-order valence-electron chi connectivity index (χ2n) is 8.97. The van der Waals surface area contributed by atoms with Gasteiger partial charge in [-0.05, 0) is 34.1 Å². The third-order valence-electron chi connectivity index (χ3n) is 5.55. The third-order valence-corrected chi connectivity index (χ3v) is 7.67. The van der Waals surface area contributed by atoms with Gasteiger partial charge in [0.05, 0.1) is 25.2 Å². The summed E-state index contributed by atoms with van der Waals surface area (Å²) in [4.78, 5) is 29.9. The molecule has 1 saturated heterocycles. The van der Waals surface area contributed by atoms with Crippen molar-refractivity contribution >= 4 is 8.53 Å². The highest BCUT2D eigenvalue weighted by molar-refractivity contribution is 7.44. The number of ether oxygens (including phenoxy) is 4. The van der Waals surface area contributed by atoms with Crippen LogP contribution in [0.4, 0.5) is 0 Å². The summed E-state index contributed by atoms with van der Waals surface area (Å²) >= 11 is 0. The lowest BCUT2D eigenvalue weighted by molar-refractivity contribution is -0.174. The van der Waals surface area contributed by atoms with Crippen LogP contribution in [0.25, 0.3) is 4.85 Å². The van der Waals surface area contributed by atoms with Crippen molar-refractivity contribution in [2.45, 2.75) is 84.1 Å². The van der Waals surface area contributed by atoms with Crippen LogP contribution in [0.5, 0.6) is 0 Å². The predicted octanol–water partition coefficient (Wildman–Crippen LogP) is 2.76. The minimum Gasteiger partial charge on any atom is -0.354 e. The number of nitrogens with zero attached hydrogens (tertiary/aromatic N) is 4. The Morgan fingerprint density at radius 3 is 2.55 bits per heavy atom. The molecule has 2 unspecified atom stereocenters. The van der Waals surface area contributed by atoms with Crippen molar-refractivity contribution in [2.75, 3.05) is 33.3 Å². The number of nitrogens with one attached hydrogen (secondary N) is 1. The Bertz CT molecular complexity index is 1030. The fourth-order valence-electron chi connectivity index (χ4n) is 3.98. The molecule has 0 spiro atoms. The summed E-state index contributed by atoms with van der Waals surface area (Å²) in [6.45, 7) is 17.5. The van der Waals surface area contributed by atoms with E-state index in [1.165, 1.54) is 16.8 Å². The van der Waals surface area contributed by atoms with Gasteiger partial charge in [-0.3, -0.25) is 14.3 Å². The lowest BCUT2D eigenvalue weighted by atomic mass is 10.1. The van der Waals surface area contributed by atoms with E-state index in [1.807, 2.05) is 40.7 Å². The molecule has 0 bridgehead atoms. The van der Waals surface area contributed by atoms with Crippen LogP contribution in [0, 0.1) is 17.9 Å². The normalized spacial score (nSPS) is 22.2. The van der Waals surface area contributed by atoms with Crippen molar-refractivity contribution < 1.29 is 28.0 Å². The summed E-state index contributed by atoms with van der Waals surface area (Å²) in [5, 5.41) is 8.61. The summed E-state index contributed by atoms with van der Waals surface area (Å²) in [6.07, 6.45) is -0.705. The maximum atomic E-state index is 12.6. The first kappa shape index (κ1) is 32.0. The zero-order chi connectivity index (χ0) is 28.1. The highest BCUT2D eigenvalue weighted by Gasteiger charge is 2.49. The molecule has 0 saturated carbocycles. The number of rotatable bonds is 17. The van der Waals surface area contributed by atoms with Gasteiger partial charge in [-0.2, -0.15) is 5.26 Å². The molecule has 1 aliphatic rings. The molecule has 212 valence electrons. The maximum Gasteiger partial charge on any atom is 0.330 e. The summed E-state index contributed by atoms with van der Waals surface area (Å²) in [6, 6.07) is 3.39. The molecular weight excluding hydrogens is 517 g/mol. The van der Waals surface area contributed by atoms with E-state index in [1.54, 1.807) is 0 Å². The molecule has 14 heteroatoms. The topological polar surface area (TPSA) is 142 Å². The monoisotopic (exact) mass is 555 g/mol. The number of aromatic nitrogens is 2. The van der Waals surface area contributed by atoms with E-state index >= 15 is 0 Å². The van der Waals surface area contributed by atoms with E-state index in [0.29, 0.717) is 6.42 Å². The summed E-state index contributed by atoms with van der Waals surface area (Å²) in [5.41, 5.74) is -1.17. The number of H-pyrrole nitrogens is 1. The highest BCUT2D eigenvalue weighted by atomic mass is 31.2. The van der Waals surface area contributed by atoms with Crippen LogP contribution in [-0.2, 0) is 28.0 Å². The van der Waals surface area contributed by atoms with Crippen LogP contribution >= 0.6 is 8.53 Å². The average molecular weight is 556 g/mol. The van der Waals surface area contributed by atoms with Crippen LogP contribution < -0.4 is 11.2 Å². The Morgan fingerprint density at radius 2 is 1.95 bits per heavy atom. The molecule has 38 heavy (non-hydrogen) atoms. The molecule has 0 amide bonds. The van der Waals surface area contributed by atoms with Gasteiger partial charge in [0.2, 0.25) is 6.54 Å². The van der Waals surface area contributed by atoms with Gasteiger partial charge in [-0.1, -0.05) is 6.92 Å². The minimum atomic E-state index is -1.63. The second-order valence-corrected chi connectivity index (χ2v) is 10.4. The molecule has 0 radical (unpaired) electrons. The predicted molar refractivity (Wildman–Crippen MR) is 139 cm³/mol. The highest BCUT2D eigenvalue weighted by Crippen LogP contribution is 2.50. The zero-order valence-corrected chi connectivity index (χ0v) is 23.5. The molecule has 1 aromatic heterocycles. The van der Waals surface area contributed by atoms with E-state index in [-0.39, 0.29) is 51.8 Å². The SMILES string of the molecule is [C-]#[N+]CCOP(OC1[C@@H](CC)O[C@@H](n2ccc(=O)[nH]c2=O)[C@H]1OCOCOCCC#N)N(C(C)C)C(C)C. The Labute approximate surface area is 224 Å². The Balaban J connectivity index is 2.33. The number of aromatic amines is 1. The van der Waals surface area contributed by atoms with Crippen LogP contribution in [0.15, 0.2) is 21.9 Å². The molecule has 2 heterocycles. The van der Waals surface area contributed by atoms with Gasteiger partial charge < -0.3 is 32.8 Å². The third kappa shape index (κ3) is 9.23. The lowest BCUT2D eigenvalue weighted by Gasteiger charge is -2.38. The fourth-order valence-corrected chi connectivity index (χ4v) is 5.74. The van der Waals surface area contributed by atoms with Gasteiger partial charge in [0.25, 0.3) is 14.1 Å². The molecule has 5 atom stereocenters. The molecule has 1 aromatic rings. The lowest BCUT2D eigenvalue weighted by Crippen LogP contribution is -2.42. The van der Waals surface area contributed by atoms with Gasteiger partial charge >= 0.3 is 5.69 Å². The molecule has 13 nitrogen and oxygen atoms in total. The van der Waals surface area contributed by atoms with E-state index in [4.69, 9.17) is 39.8 Å².